The lowest BCUT2D eigenvalue weighted by molar-refractivity contribution is 0.627. The summed E-state index contributed by atoms with van der Waals surface area (Å²) in [6.45, 7) is 1.96. The monoisotopic (exact) mass is 259 g/mol. The van der Waals surface area contributed by atoms with E-state index in [1.165, 1.54) is 6.07 Å². The van der Waals surface area contributed by atoms with Crippen LogP contribution in [0.15, 0.2) is 42.6 Å². The predicted molar refractivity (Wildman–Crippen MR) is 76.1 cm³/mol. The van der Waals surface area contributed by atoms with Crippen molar-refractivity contribution in [2.24, 2.45) is 5.73 Å². The molecule has 0 radical (unpaired) electrons. The van der Waals surface area contributed by atoms with Crippen LogP contribution in [0.5, 0.6) is 0 Å². The zero-order valence-corrected chi connectivity index (χ0v) is 11.2. The van der Waals surface area contributed by atoms with Crippen molar-refractivity contribution in [2.75, 3.05) is 11.9 Å². The van der Waals surface area contributed by atoms with Crippen LogP contribution in [0.3, 0.4) is 0 Å². The topological polar surface area (TPSA) is 42.1 Å². The summed E-state index contributed by atoms with van der Waals surface area (Å²) >= 11 is 0. The number of rotatable bonds is 4. The quantitative estimate of drug-likeness (QED) is 0.918. The van der Waals surface area contributed by atoms with Gasteiger partial charge in [-0.05, 0) is 37.1 Å². The lowest BCUT2D eigenvalue weighted by Crippen LogP contribution is -2.18. The number of para-hydroxylation sites is 1. The van der Waals surface area contributed by atoms with E-state index in [1.807, 2.05) is 19.1 Å². The second-order valence-electron chi connectivity index (χ2n) is 4.72. The summed E-state index contributed by atoms with van der Waals surface area (Å²) < 4.78 is 13.7. The van der Waals surface area contributed by atoms with E-state index in [9.17, 15) is 4.39 Å². The molecule has 0 fully saturated rings. The van der Waals surface area contributed by atoms with Gasteiger partial charge in [0.25, 0.3) is 0 Å². The van der Waals surface area contributed by atoms with Gasteiger partial charge < -0.3 is 10.6 Å². The Bertz CT molecular complexity index is 537. The van der Waals surface area contributed by atoms with Gasteiger partial charge in [0.2, 0.25) is 0 Å². The fraction of sp³-hybridized carbons (Fsp3) is 0.267. The number of hydrogen-bond acceptors (Lipinski definition) is 3. The third-order valence-electron chi connectivity index (χ3n) is 2.92. The molecule has 19 heavy (non-hydrogen) atoms. The van der Waals surface area contributed by atoms with E-state index < -0.39 is 0 Å². The summed E-state index contributed by atoms with van der Waals surface area (Å²) in [6, 6.07) is 10.6. The molecule has 3 nitrogen and oxygen atoms in total. The SMILES string of the molecule is CC(N)Cc1ccc(N(C)c2ccccc2F)nc1. The van der Waals surface area contributed by atoms with E-state index in [1.54, 1.807) is 36.3 Å². The Morgan fingerprint density at radius 2 is 2.00 bits per heavy atom. The van der Waals surface area contributed by atoms with Crippen molar-refractivity contribution in [3.8, 4) is 0 Å². The maximum absolute atomic E-state index is 13.7. The Hall–Kier alpha value is -1.94. The molecular weight excluding hydrogens is 241 g/mol. The van der Waals surface area contributed by atoms with Gasteiger partial charge >= 0.3 is 0 Å². The molecule has 1 atom stereocenters. The molecule has 0 aliphatic rings. The number of nitrogens with zero attached hydrogens (tertiary/aromatic N) is 2. The van der Waals surface area contributed by atoms with Crippen LogP contribution in [-0.4, -0.2) is 18.1 Å². The zero-order chi connectivity index (χ0) is 13.8. The third-order valence-corrected chi connectivity index (χ3v) is 2.92. The minimum atomic E-state index is -0.258. The van der Waals surface area contributed by atoms with Crippen molar-refractivity contribution in [3.63, 3.8) is 0 Å². The predicted octanol–water partition coefficient (Wildman–Crippen LogP) is 2.88. The second kappa shape index (κ2) is 5.80. The van der Waals surface area contributed by atoms with Crippen molar-refractivity contribution in [3.05, 3.63) is 54.0 Å². The third kappa shape index (κ3) is 3.29. The van der Waals surface area contributed by atoms with Crippen LogP contribution >= 0.6 is 0 Å². The van der Waals surface area contributed by atoms with Gasteiger partial charge in [0.1, 0.15) is 11.6 Å². The van der Waals surface area contributed by atoms with Gasteiger partial charge in [-0.25, -0.2) is 9.37 Å². The molecule has 4 heteroatoms. The molecule has 1 aromatic heterocycles. The number of halogens is 1. The minimum absolute atomic E-state index is 0.108. The molecule has 100 valence electrons. The Kier molecular flexibility index (Phi) is 4.12. The van der Waals surface area contributed by atoms with Crippen molar-refractivity contribution >= 4 is 11.5 Å². The van der Waals surface area contributed by atoms with Crippen molar-refractivity contribution in [2.45, 2.75) is 19.4 Å². The van der Waals surface area contributed by atoms with Gasteiger partial charge in [0, 0.05) is 19.3 Å². The summed E-state index contributed by atoms with van der Waals surface area (Å²) in [5.74, 6) is 0.449. The fourth-order valence-corrected chi connectivity index (χ4v) is 1.95. The Balaban J connectivity index is 2.20. The molecule has 0 aliphatic heterocycles. The van der Waals surface area contributed by atoms with E-state index in [0.29, 0.717) is 11.5 Å². The number of aromatic nitrogens is 1. The van der Waals surface area contributed by atoms with Gasteiger partial charge in [-0.3, -0.25) is 0 Å². The summed E-state index contributed by atoms with van der Waals surface area (Å²) in [5, 5.41) is 0. The van der Waals surface area contributed by atoms with Gasteiger partial charge in [-0.2, -0.15) is 0 Å². The van der Waals surface area contributed by atoms with E-state index >= 15 is 0 Å². The standard InChI is InChI=1S/C15H18FN3/c1-11(17)9-12-7-8-15(18-10-12)19(2)14-6-4-3-5-13(14)16/h3-8,10-11H,9,17H2,1-2H3. The molecule has 0 saturated carbocycles. The molecule has 0 aliphatic carbocycles. The van der Waals surface area contributed by atoms with Crippen molar-refractivity contribution in [1.82, 2.24) is 4.98 Å². The van der Waals surface area contributed by atoms with Gasteiger partial charge in [0.05, 0.1) is 5.69 Å². The maximum Gasteiger partial charge on any atom is 0.146 e. The van der Waals surface area contributed by atoms with E-state index in [2.05, 4.69) is 4.98 Å². The second-order valence-corrected chi connectivity index (χ2v) is 4.72. The number of pyridine rings is 1. The van der Waals surface area contributed by atoms with Crippen molar-refractivity contribution < 1.29 is 4.39 Å². The summed E-state index contributed by atoms with van der Waals surface area (Å²) in [7, 11) is 1.80. The highest BCUT2D eigenvalue weighted by atomic mass is 19.1. The lowest BCUT2D eigenvalue weighted by atomic mass is 10.1. The molecule has 1 aromatic carbocycles. The fourth-order valence-electron chi connectivity index (χ4n) is 1.95. The van der Waals surface area contributed by atoms with Gasteiger partial charge in [-0.15, -0.1) is 0 Å². The van der Waals surface area contributed by atoms with Crippen LogP contribution in [0, 0.1) is 5.82 Å². The largest absolute Gasteiger partial charge is 0.328 e. The highest BCUT2D eigenvalue weighted by molar-refractivity contribution is 5.59. The first kappa shape index (κ1) is 13.5. The molecule has 1 unspecified atom stereocenters. The average molecular weight is 259 g/mol. The smallest absolute Gasteiger partial charge is 0.146 e. The average Bonchev–Trinajstić information content (AvgIpc) is 2.39. The molecule has 2 rings (SSSR count). The Morgan fingerprint density at radius 3 is 2.58 bits per heavy atom. The molecule has 2 aromatic rings. The van der Waals surface area contributed by atoms with Crippen LogP contribution in [0.2, 0.25) is 0 Å². The Morgan fingerprint density at radius 1 is 1.26 bits per heavy atom. The molecule has 0 spiro atoms. The number of nitrogens with two attached hydrogens (primary N) is 1. The van der Waals surface area contributed by atoms with E-state index in [4.69, 9.17) is 5.73 Å². The number of anilines is 2. The molecule has 0 saturated heterocycles. The van der Waals surface area contributed by atoms with E-state index in [0.717, 1.165) is 12.0 Å². The Labute approximate surface area is 112 Å². The number of hydrogen-bond donors (Lipinski definition) is 1. The highest BCUT2D eigenvalue weighted by Crippen LogP contribution is 2.24. The lowest BCUT2D eigenvalue weighted by Gasteiger charge is -2.19. The van der Waals surface area contributed by atoms with Crippen LogP contribution in [0.1, 0.15) is 12.5 Å². The first-order chi connectivity index (χ1) is 9.08. The molecular formula is C15H18FN3. The molecule has 0 bridgehead atoms. The maximum atomic E-state index is 13.7. The van der Waals surface area contributed by atoms with Crippen LogP contribution in [-0.2, 0) is 6.42 Å². The van der Waals surface area contributed by atoms with Crippen LogP contribution in [0.4, 0.5) is 15.9 Å². The van der Waals surface area contributed by atoms with E-state index in [-0.39, 0.29) is 11.9 Å². The van der Waals surface area contributed by atoms with Gasteiger partial charge in [-0.1, -0.05) is 18.2 Å². The first-order valence-electron chi connectivity index (χ1n) is 6.26. The first-order valence-corrected chi connectivity index (χ1v) is 6.26. The number of benzene rings is 1. The van der Waals surface area contributed by atoms with Gasteiger partial charge in [0.15, 0.2) is 0 Å². The minimum Gasteiger partial charge on any atom is -0.328 e. The highest BCUT2D eigenvalue weighted by Gasteiger charge is 2.09. The summed E-state index contributed by atoms with van der Waals surface area (Å²) in [4.78, 5) is 6.08. The summed E-state index contributed by atoms with van der Waals surface area (Å²) in [6.07, 6.45) is 2.58. The van der Waals surface area contributed by atoms with Crippen LogP contribution in [0.25, 0.3) is 0 Å². The molecule has 1 heterocycles. The van der Waals surface area contributed by atoms with Crippen molar-refractivity contribution in [1.29, 1.82) is 0 Å². The zero-order valence-electron chi connectivity index (χ0n) is 11.2. The molecule has 0 amide bonds. The summed E-state index contributed by atoms with van der Waals surface area (Å²) in [5.41, 5.74) is 7.34. The molecule has 2 N–H and O–H groups in total. The van der Waals surface area contributed by atoms with Crippen LogP contribution < -0.4 is 10.6 Å². The normalized spacial score (nSPS) is 12.2.